The van der Waals surface area contributed by atoms with Crippen LogP contribution >= 0.6 is 11.6 Å². The molecule has 1 rings (SSSR count). The second-order valence-corrected chi connectivity index (χ2v) is 3.18. The van der Waals surface area contributed by atoms with Gasteiger partial charge in [-0.2, -0.15) is 14.0 Å². The molecule has 90 valence electrons. The van der Waals surface area contributed by atoms with Crippen LogP contribution in [0.2, 0.25) is 5.02 Å². The summed E-state index contributed by atoms with van der Waals surface area (Å²) in [5.74, 6) is -1.42. The summed E-state index contributed by atoms with van der Waals surface area (Å²) < 4.78 is 32.7. The molecule has 0 spiro atoms. The van der Waals surface area contributed by atoms with E-state index in [9.17, 15) is 13.6 Å². The highest BCUT2D eigenvalue weighted by atomic mass is 35.5. The zero-order valence-electron chi connectivity index (χ0n) is 8.54. The van der Waals surface area contributed by atoms with E-state index in [0.29, 0.717) is 0 Å². The summed E-state index contributed by atoms with van der Waals surface area (Å²) in [6, 6.07) is 3.89. The Labute approximate surface area is 100 Å². The Morgan fingerprint density at radius 1 is 1.53 bits per heavy atom. The highest BCUT2D eigenvalue weighted by Gasteiger charge is 2.22. The van der Waals surface area contributed by atoms with Crippen molar-refractivity contribution in [2.24, 2.45) is 0 Å². The molecule has 0 aromatic heterocycles. The molecule has 0 saturated carbocycles. The lowest BCUT2D eigenvalue weighted by atomic mass is 10.1. The molecule has 17 heavy (non-hydrogen) atoms. The Morgan fingerprint density at radius 3 is 2.65 bits per heavy atom. The predicted octanol–water partition coefficient (Wildman–Crippen LogP) is 2.60. The lowest BCUT2D eigenvalue weighted by Crippen LogP contribution is -2.11. The Morgan fingerprint density at radius 2 is 2.18 bits per heavy atom. The van der Waals surface area contributed by atoms with Gasteiger partial charge in [-0.25, -0.2) is 4.79 Å². The summed E-state index contributed by atoms with van der Waals surface area (Å²) in [4.78, 5) is 11.4. The molecule has 0 aliphatic carbocycles. The first-order valence-corrected chi connectivity index (χ1v) is 4.64. The number of methoxy groups -OCH3 is 1. The van der Waals surface area contributed by atoms with Gasteiger partial charge in [-0.1, -0.05) is 11.6 Å². The number of halogens is 3. The van der Waals surface area contributed by atoms with Crippen LogP contribution < -0.4 is 4.74 Å². The second kappa shape index (κ2) is 5.46. The minimum absolute atomic E-state index is 0.0467. The van der Waals surface area contributed by atoms with Crippen LogP contribution in [-0.4, -0.2) is 19.7 Å². The van der Waals surface area contributed by atoms with Gasteiger partial charge in [-0.3, -0.25) is 0 Å². The molecular formula is C10H6ClF2NO3. The van der Waals surface area contributed by atoms with Crippen molar-refractivity contribution in [3.8, 4) is 11.8 Å². The van der Waals surface area contributed by atoms with Gasteiger partial charge >= 0.3 is 12.6 Å². The molecule has 0 radical (unpaired) electrons. The maximum atomic E-state index is 12.1. The van der Waals surface area contributed by atoms with Crippen LogP contribution in [0.25, 0.3) is 0 Å². The van der Waals surface area contributed by atoms with Crippen molar-refractivity contribution in [1.29, 1.82) is 5.26 Å². The quantitative estimate of drug-likeness (QED) is 0.785. The molecule has 0 unspecified atom stereocenters. The van der Waals surface area contributed by atoms with E-state index in [1.807, 2.05) is 0 Å². The largest absolute Gasteiger partial charge is 0.465 e. The molecule has 4 nitrogen and oxygen atoms in total. The molecular weight excluding hydrogens is 256 g/mol. The molecule has 1 aromatic carbocycles. The molecule has 0 atom stereocenters. The van der Waals surface area contributed by atoms with Crippen LogP contribution in [0.5, 0.6) is 5.75 Å². The van der Waals surface area contributed by atoms with Gasteiger partial charge in [0.15, 0.2) is 0 Å². The lowest BCUT2D eigenvalue weighted by molar-refractivity contribution is -0.0504. The number of hydrogen-bond acceptors (Lipinski definition) is 4. The summed E-state index contributed by atoms with van der Waals surface area (Å²) >= 11 is 5.67. The summed E-state index contributed by atoms with van der Waals surface area (Å²) in [5, 5.41) is 8.77. The first-order chi connectivity index (χ1) is 8.01. The third-order valence-electron chi connectivity index (χ3n) is 1.83. The minimum Gasteiger partial charge on any atom is -0.465 e. The second-order valence-electron chi connectivity index (χ2n) is 2.78. The van der Waals surface area contributed by atoms with Crippen molar-refractivity contribution in [2.45, 2.75) is 6.61 Å². The van der Waals surface area contributed by atoms with Gasteiger partial charge in [-0.15, -0.1) is 0 Å². The standard InChI is InChI=1S/C10H6ClF2NO3/c1-16-9(15)8-5(4-14)6(11)2-3-7(8)17-10(12)13/h2-3,10H,1H3. The molecule has 0 N–H and O–H groups in total. The third-order valence-corrected chi connectivity index (χ3v) is 2.15. The summed E-state index contributed by atoms with van der Waals surface area (Å²) in [6.07, 6.45) is 0. The number of esters is 1. The molecule has 0 aliphatic heterocycles. The summed E-state index contributed by atoms with van der Waals surface area (Å²) in [6.45, 7) is -3.12. The zero-order valence-corrected chi connectivity index (χ0v) is 9.29. The van der Waals surface area contributed by atoms with Crippen LogP contribution in [-0.2, 0) is 4.74 Å². The van der Waals surface area contributed by atoms with E-state index in [1.165, 1.54) is 6.07 Å². The minimum atomic E-state index is -3.12. The van der Waals surface area contributed by atoms with Gasteiger partial charge in [0, 0.05) is 0 Å². The maximum absolute atomic E-state index is 12.1. The number of nitriles is 1. The Bertz CT molecular complexity index is 485. The Balaban J connectivity index is 3.41. The summed E-state index contributed by atoms with van der Waals surface area (Å²) in [7, 11) is 1.05. The van der Waals surface area contributed by atoms with E-state index in [-0.39, 0.29) is 10.6 Å². The first-order valence-electron chi connectivity index (χ1n) is 4.27. The number of rotatable bonds is 3. The van der Waals surface area contributed by atoms with Gasteiger partial charge in [0.1, 0.15) is 17.4 Å². The van der Waals surface area contributed by atoms with Crippen molar-refractivity contribution in [3.05, 3.63) is 28.3 Å². The average molecular weight is 262 g/mol. The van der Waals surface area contributed by atoms with Crippen LogP contribution in [0.4, 0.5) is 8.78 Å². The predicted molar refractivity (Wildman–Crippen MR) is 54.1 cm³/mol. The van der Waals surface area contributed by atoms with Crippen LogP contribution in [0.3, 0.4) is 0 Å². The highest BCUT2D eigenvalue weighted by molar-refractivity contribution is 6.32. The van der Waals surface area contributed by atoms with E-state index in [0.717, 1.165) is 13.2 Å². The van der Waals surface area contributed by atoms with E-state index in [4.69, 9.17) is 16.9 Å². The topological polar surface area (TPSA) is 59.3 Å². The number of alkyl halides is 2. The van der Waals surface area contributed by atoms with Crippen molar-refractivity contribution < 1.29 is 23.0 Å². The van der Waals surface area contributed by atoms with E-state index >= 15 is 0 Å². The molecule has 0 bridgehead atoms. The number of ether oxygens (including phenoxy) is 2. The van der Waals surface area contributed by atoms with Crippen molar-refractivity contribution in [2.75, 3.05) is 7.11 Å². The van der Waals surface area contributed by atoms with Gasteiger partial charge in [0.25, 0.3) is 0 Å². The number of nitrogens with zero attached hydrogens (tertiary/aromatic N) is 1. The first kappa shape index (κ1) is 13.2. The Hall–Kier alpha value is -1.87. The normalized spacial score (nSPS) is 9.88. The fraction of sp³-hybridized carbons (Fsp3) is 0.200. The number of carbonyl (C=O) groups excluding carboxylic acids is 1. The molecule has 0 heterocycles. The molecule has 0 fully saturated rings. The van der Waals surface area contributed by atoms with Gasteiger partial charge in [0.05, 0.1) is 17.7 Å². The van der Waals surface area contributed by atoms with Crippen molar-refractivity contribution >= 4 is 17.6 Å². The maximum Gasteiger partial charge on any atom is 0.387 e. The van der Waals surface area contributed by atoms with Gasteiger partial charge < -0.3 is 9.47 Å². The lowest BCUT2D eigenvalue weighted by Gasteiger charge is -2.11. The van der Waals surface area contributed by atoms with E-state index in [1.54, 1.807) is 6.07 Å². The number of carbonyl (C=O) groups is 1. The van der Waals surface area contributed by atoms with E-state index < -0.39 is 23.9 Å². The number of hydrogen-bond donors (Lipinski definition) is 0. The summed E-state index contributed by atoms with van der Waals surface area (Å²) in [5.41, 5.74) is -0.681. The molecule has 7 heteroatoms. The fourth-order valence-corrected chi connectivity index (χ4v) is 1.37. The molecule has 1 aromatic rings. The Kier molecular flexibility index (Phi) is 4.24. The van der Waals surface area contributed by atoms with Crippen molar-refractivity contribution in [3.63, 3.8) is 0 Å². The molecule has 0 amide bonds. The SMILES string of the molecule is COC(=O)c1c(OC(F)F)ccc(Cl)c1C#N. The number of benzene rings is 1. The third kappa shape index (κ3) is 2.82. The zero-order chi connectivity index (χ0) is 13.0. The fourth-order valence-electron chi connectivity index (χ4n) is 1.17. The van der Waals surface area contributed by atoms with Crippen LogP contribution in [0.1, 0.15) is 15.9 Å². The monoisotopic (exact) mass is 261 g/mol. The smallest absolute Gasteiger partial charge is 0.387 e. The molecule has 0 aliphatic rings. The van der Waals surface area contributed by atoms with Gasteiger partial charge in [-0.05, 0) is 12.1 Å². The van der Waals surface area contributed by atoms with Crippen LogP contribution in [0.15, 0.2) is 12.1 Å². The van der Waals surface area contributed by atoms with E-state index in [2.05, 4.69) is 9.47 Å². The van der Waals surface area contributed by atoms with Crippen molar-refractivity contribution in [1.82, 2.24) is 0 Å². The molecule has 0 saturated heterocycles. The highest BCUT2D eigenvalue weighted by Crippen LogP contribution is 2.30. The average Bonchev–Trinajstić information content (AvgIpc) is 2.29. The van der Waals surface area contributed by atoms with Gasteiger partial charge in [0.2, 0.25) is 0 Å². The van der Waals surface area contributed by atoms with Crippen LogP contribution in [0, 0.1) is 11.3 Å².